The lowest BCUT2D eigenvalue weighted by Gasteiger charge is -2.02. The zero-order valence-electron chi connectivity index (χ0n) is 8.86. The maximum atomic E-state index is 11.0. The summed E-state index contributed by atoms with van der Waals surface area (Å²) in [4.78, 5) is 11.0. The topological polar surface area (TPSA) is 46.5 Å². The highest BCUT2D eigenvalue weighted by atomic mass is 16.5. The summed E-state index contributed by atoms with van der Waals surface area (Å²) in [5.74, 6) is -0.152. The molecule has 0 radical (unpaired) electrons. The number of phenolic OH excluding ortho intramolecular Hbond substituents is 1. The molecule has 0 heterocycles. The summed E-state index contributed by atoms with van der Waals surface area (Å²) in [6.07, 6.45) is 2.98. The molecular formula is C12H14O3. The Morgan fingerprint density at radius 2 is 2.27 bits per heavy atom. The van der Waals surface area contributed by atoms with Crippen LogP contribution in [0.2, 0.25) is 0 Å². The van der Waals surface area contributed by atoms with Crippen molar-refractivity contribution in [3.05, 3.63) is 35.4 Å². The van der Waals surface area contributed by atoms with E-state index in [0.717, 1.165) is 11.1 Å². The molecule has 0 spiro atoms. The molecule has 1 aromatic rings. The van der Waals surface area contributed by atoms with Gasteiger partial charge in [-0.2, -0.15) is 0 Å². The molecular weight excluding hydrogens is 192 g/mol. The maximum absolute atomic E-state index is 11.0. The van der Waals surface area contributed by atoms with Gasteiger partial charge in [-0.1, -0.05) is 12.1 Å². The van der Waals surface area contributed by atoms with Crippen molar-refractivity contribution in [3.63, 3.8) is 0 Å². The monoisotopic (exact) mass is 206 g/mol. The fraction of sp³-hybridized carbons (Fsp3) is 0.250. The van der Waals surface area contributed by atoms with Crippen LogP contribution in [0.15, 0.2) is 24.3 Å². The molecule has 0 atom stereocenters. The van der Waals surface area contributed by atoms with Crippen molar-refractivity contribution in [3.8, 4) is 5.75 Å². The zero-order chi connectivity index (χ0) is 11.3. The molecule has 0 aliphatic heterocycles. The molecule has 0 aromatic heterocycles. The van der Waals surface area contributed by atoms with E-state index in [1.54, 1.807) is 32.1 Å². The van der Waals surface area contributed by atoms with Crippen LogP contribution in [0, 0.1) is 6.92 Å². The molecule has 1 rings (SSSR count). The number of hydrogen-bond acceptors (Lipinski definition) is 3. The second-order valence-electron chi connectivity index (χ2n) is 3.08. The van der Waals surface area contributed by atoms with E-state index in [4.69, 9.17) is 4.74 Å². The average molecular weight is 206 g/mol. The smallest absolute Gasteiger partial charge is 0.330 e. The second-order valence-corrected chi connectivity index (χ2v) is 3.08. The highest BCUT2D eigenvalue weighted by Crippen LogP contribution is 2.20. The van der Waals surface area contributed by atoms with Gasteiger partial charge < -0.3 is 9.84 Å². The van der Waals surface area contributed by atoms with E-state index >= 15 is 0 Å². The minimum absolute atomic E-state index is 0.223. The van der Waals surface area contributed by atoms with Crippen LogP contribution < -0.4 is 0 Å². The second kappa shape index (κ2) is 5.20. The van der Waals surface area contributed by atoms with Gasteiger partial charge in [0, 0.05) is 6.08 Å². The Morgan fingerprint density at radius 3 is 2.93 bits per heavy atom. The van der Waals surface area contributed by atoms with Crippen LogP contribution in [-0.2, 0) is 9.53 Å². The predicted octanol–water partition coefficient (Wildman–Crippen LogP) is 2.28. The van der Waals surface area contributed by atoms with Crippen LogP contribution in [-0.4, -0.2) is 17.7 Å². The van der Waals surface area contributed by atoms with E-state index in [9.17, 15) is 9.90 Å². The van der Waals surface area contributed by atoms with Gasteiger partial charge in [-0.15, -0.1) is 0 Å². The summed E-state index contributed by atoms with van der Waals surface area (Å²) < 4.78 is 4.75. The molecule has 0 amide bonds. The summed E-state index contributed by atoms with van der Waals surface area (Å²) in [5.41, 5.74) is 1.56. The summed E-state index contributed by atoms with van der Waals surface area (Å²) in [6, 6.07) is 5.16. The molecule has 0 aliphatic rings. The molecule has 0 bridgehead atoms. The molecule has 0 saturated carbocycles. The van der Waals surface area contributed by atoms with Crippen LogP contribution >= 0.6 is 0 Å². The first-order chi connectivity index (χ1) is 7.15. The third-order valence-corrected chi connectivity index (χ3v) is 2.03. The lowest BCUT2D eigenvalue weighted by Crippen LogP contribution is -1.98. The number of ether oxygens (including phenoxy) is 1. The quantitative estimate of drug-likeness (QED) is 0.609. The van der Waals surface area contributed by atoms with Crippen molar-refractivity contribution >= 4 is 12.0 Å². The van der Waals surface area contributed by atoms with E-state index in [0.29, 0.717) is 6.61 Å². The van der Waals surface area contributed by atoms with Gasteiger partial charge in [-0.3, -0.25) is 0 Å². The number of carbonyl (C=O) groups excluding carboxylic acids is 1. The first-order valence-electron chi connectivity index (χ1n) is 4.78. The van der Waals surface area contributed by atoms with Crippen molar-refractivity contribution in [2.45, 2.75) is 13.8 Å². The van der Waals surface area contributed by atoms with Crippen molar-refractivity contribution < 1.29 is 14.6 Å². The van der Waals surface area contributed by atoms with Gasteiger partial charge in [-0.05, 0) is 37.1 Å². The Kier molecular flexibility index (Phi) is 3.92. The Bertz CT molecular complexity index is 380. The zero-order valence-corrected chi connectivity index (χ0v) is 8.86. The lowest BCUT2D eigenvalue weighted by molar-refractivity contribution is -0.137. The molecule has 3 heteroatoms. The standard InChI is InChI=1S/C12H14O3/c1-3-15-12(14)8-7-10-5-4-6-11(13)9(10)2/h4-8,13H,3H2,1-2H3. The van der Waals surface area contributed by atoms with Crippen LogP contribution in [0.3, 0.4) is 0 Å². The van der Waals surface area contributed by atoms with E-state index < -0.39 is 0 Å². The third-order valence-electron chi connectivity index (χ3n) is 2.03. The van der Waals surface area contributed by atoms with Gasteiger partial charge in [0.25, 0.3) is 0 Å². The Labute approximate surface area is 89.0 Å². The van der Waals surface area contributed by atoms with Gasteiger partial charge >= 0.3 is 5.97 Å². The number of esters is 1. The van der Waals surface area contributed by atoms with Gasteiger partial charge in [-0.25, -0.2) is 4.79 Å². The Balaban J connectivity index is 2.81. The number of rotatable bonds is 3. The first kappa shape index (κ1) is 11.3. The minimum Gasteiger partial charge on any atom is -0.508 e. The lowest BCUT2D eigenvalue weighted by atomic mass is 10.1. The fourth-order valence-electron chi connectivity index (χ4n) is 1.17. The summed E-state index contributed by atoms with van der Waals surface area (Å²) in [7, 11) is 0. The van der Waals surface area contributed by atoms with E-state index in [-0.39, 0.29) is 11.7 Å². The van der Waals surface area contributed by atoms with Gasteiger partial charge in [0.05, 0.1) is 6.61 Å². The van der Waals surface area contributed by atoms with Crippen LogP contribution in [0.4, 0.5) is 0 Å². The van der Waals surface area contributed by atoms with Crippen molar-refractivity contribution in [1.29, 1.82) is 0 Å². The van der Waals surface area contributed by atoms with Crippen LogP contribution in [0.5, 0.6) is 5.75 Å². The molecule has 0 saturated heterocycles. The summed E-state index contributed by atoms with van der Waals surface area (Å²) in [5, 5.41) is 9.42. The SMILES string of the molecule is CCOC(=O)C=Cc1cccc(O)c1C. The number of phenols is 1. The molecule has 15 heavy (non-hydrogen) atoms. The highest BCUT2D eigenvalue weighted by molar-refractivity contribution is 5.87. The van der Waals surface area contributed by atoms with Crippen molar-refractivity contribution in [2.24, 2.45) is 0 Å². The maximum Gasteiger partial charge on any atom is 0.330 e. The number of benzene rings is 1. The van der Waals surface area contributed by atoms with Crippen molar-refractivity contribution in [1.82, 2.24) is 0 Å². The molecule has 0 unspecified atom stereocenters. The van der Waals surface area contributed by atoms with E-state index in [1.807, 2.05) is 6.07 Å². The molecule has 1 N–H and O–H groups in total. The van der Waals surface area contributed by atoms with E-state index in [1.165, 1.54) is 6.08 Å². The predicted molar refractivity (Wildman–Crippen MR) is 58.5 cm³/mol. The number of carbonyl (C=O) groups is 1. The molecule has 1 aromatic carbocycles. The molecule has 3 nitrogen and oxygen atoms in total. The number of hydrogen-bond donors (Lipinski definition) is 1. The van der Waals surface area contributed by atoms with Gasteiger partial charge in [0.15, 0.2) is 0 Å². The third kappa shape index (κ3) is 3.13. The average Bonchev–Trinajstić information content (AvgIpc) is 2.21. The molecule has 0 aliphatic carbocycles. The molecule has 80 valence electrons. The summed E-state index contributed by atoms with van der Waals surface area (Å²) >= 11 is 0. The van der Waals surface area contributed by atoms with Crippen molar-refractivity contribution in [2.75, 3.05) is 6.61 Å². The molecule has 0 fully saturated rings. The minimum atomic E-state index is -0.375. The Hall–Kier alpha value is -1.77. The number of aromatic hydroxyl groups is 1. The normalized spacial score (nSPS) is 10.5. The summed E-state index contributed by atoms with van der Waals surface area (Å²) in [6.45, 7) is 3.91. The van der Waals surface area contributed by atoms with E-state index in [2.05, 4.69) is 0 Å². The first-order valence-corrected chi connectivity index (χ1v) is 4.78. The van der Waals surface area contributed by atoms with Crippen LogP contribution in [0.25, 0.3) is 6.08 Å². The Morgan fingerprint density at radius 1 is 1.53 bits per heavy atom. The van der Waals surface area contributed by atoms with Gasteiger partial charge in [0.1, 0.15) is 5.75 Å². The van der Waals surface area contributed by atoms with Crippen LogP contribution in [0.1, 0.15) is 18.1 Å². The fourth-order valence-corrected chi connectivity index (χ4v) is 1.17. The highest BCUT2D eigenvalue weighted by Gasteiger charge is 2.00. The largest absolute Gasteiger partial charge is 0.508 e. The van der Waals surface area contributed by atoms with Gasteiger partial charge in [0.2, 0.25) is 0 Å².